The summed E-state index contributed by atoms with van der Waals surface area (Å²) in [4.78, 5) is 36.8. The lowest BCUT2D eigenvalue weighted by atomic mass is 10.1. The van der Waals surface area contributed by atoms with Crippen LogP contribution < -0.4 is 24.8 Å². The lowest BCUT2D eigenvalue weighted by Crippen LogP contribution is -2.24. The summed E-state index contributed by atoms with van der Waals surface area (Å²) in [5.41, 5.74) is 2.06. The number of hydrogen-bond donors (Lipinski definition) is 2. The zero-order valence-electron chi connectivity index (χ0n) is 19.6. The van der Waals surface area contributed by atoms with Crippen molar-refractivity contribution in [1.82, 2.24) is 5.32 Å². The second-order valence-electron chi connectivity index (χ2n) is 7.17. The summed E-state index contributed by atoms with van der Waals surface area (Å²) < 4.78 is 20.2. The first-order valence-corrected chi connectivity index (χ1v) is 10.8. The van der Waals surface area contributed by atoms with Crippen molar-refractivity contribution in [1.29, 1.82) is 0 Å². The first-order chi connectivity index (χ1) is 16.9. The van der Waals surface area contributed by atoms with Gasteiger partial charge in [0.25, 0.3) is 11.8 Å². The van der Waals surface area contributed by atoms with E-state index in [0.717, 1.165) is 5.56 Å². The Hall–Kier alpha value is -4.53. The molecule has 0 saturated carbocycles. The van der Waals surface area contributed by atoms with Gasteiger partial charge in [0.05, 0.1) is 20.8 Å². The molecule has 0 spiro atoms. The van der Waals surface area contributed by atoms with E-state index >= 15 is 0 Å². The van der Waals surface area contributed by atoms with E-state index in [9.17, 15) is 14.4 Å². The molecule has 3 aromatic rings. The molecule has 0 fully saturated rings. The van der Waals surface area contributed by atoms with E-state index in [2.05, 4.69) is 10.6 Å². The summed E-state index contributed by atoms with van der Waals surface area (Å²) in [6, 6.07) is 18.1. The Labute approximate surface area is 203 Å². The molecule has 182 valence electrons. The van der Waals surface area contributed by atoms with Crippen LogP contribution in [-0.2, 0) is 11.3 Å². The van der Waals surface area contributed by atoms with Crippen molar-refractivity contribution in [2.24, 2.45) is 0 Å². The van der Waals surface area contributed by atoms with Crippen LogP contribution in [0.15, 0.2) is 66.7 Å². The van der Waals surface area contributed by atoms with Gasteiger partial charge in [-0.05, 0) is 61.0 Å². The lowest BCUT2D eigenvalue weighted by molar-refractivity contribution is 0.0950. The monoisotopic (exact) mass is 478 g/mol. The number of anilines is 1. The van der Waals surface area contributed by atoms with Crippen LogP contribution in [-0.4, -0.2) is 38.8 Å². The maximum absolute atomic E-state index is 12.8. The van der Waals surface area contributed by atoms with Crippen LogP contribution in [0.4, 0.5) is 10.5 Å². The van der Waals surface area contributed by atoms with Gasteiger partial charge in [0.2, 0.25) is 0 Å². The first-order valence-electron chi connectivity index (χ1n) is 10.8. The summed E-state index contributed by atoms with van der Waals surface area (Å²) in [6.07, 6.45) is -0.809. The molecule has 0 atom stereocenters. The number of carbonyl (C=O) groups is 3. The van der Waals surface area contributed by atoms with E-state index in [-0.39, 0.29) is 30.7 Å². The van der Waals surface area contributed by atoms with Gasteiger partial charge in [0.1, 0.15) is 5.75 Å². The van der Waals surface area contributed by atoms with E-state index in [4.69, 9.17) is 18.9 Å². The fraction of sp³-hybridized carbons (Fsp3) is 0.192. The second-order valence-corrected chi connectivity index (χ2v) is 7.17. The third kappa shape index (κ3) is 6.73. The Balaban J connectivity index is 1.64. The molecule has 3 aromatic carbocycles. The largest absolute Gasteiger partial charge is 0.513 e. The van der Waals surface area contributed by atoms with Crippen LogP contribution in [0, 0.1) is 0 Å². The number of amides is 2. The standard InChI is InChI=1S/C26H26N2O7/c1-4-34-26(31)35-20-12-9-17(10-13-20)24(29)27-16-19-7-5-6-8-21(19)28-25(30)18-11-14-22(32-2)23(15-18)33-3/h5-15H,4,16H2,1-3H3,(H,27,29)(H,28,30). The molecule has 0 bridgehead atoms. The topological polar surface area (TPSA) is 112 Å². The Morgan fingerprint density at radius 3 is 2.17 bits per heavy atom. The van der Waals surface area contributed by atoms with Crippen molar-refractivity contribution in [2.45, 2.75) is 13.5 Å². The zero-order valence-corrected chi connectivity index (χ0v) is 19.6. The van der Waals surface area contributed by atoms with Crippen molar-refractivity contribution in [3.8, 4) is 17.2 Å². The number of rotatable bonds is 9. The average molecular weight is 479 g/mol. The minimum Gasteiger partial charge on any atom is -0.493 e. The molecule has 9 heteroatoms. The molecule has 2 amide bonds. The molecule has 0 radical (unpaired) electrons. The number of carbonyl (C=O) groups excluding carboxylic acids is 3. The molecule has 0 unspecified atom stereocenters. The van der Waals surface area contributed by atoms with Crippen LogP contribution in [0.25, 0.3) is 0 Å². The van der Waals surface area contributed by atoms with Gasteiger partial charge in [-0.15, -0.1) is 0 Å². The van der Waals surface area contributed by atoms with E-state index in [1.165, 1.54) is 38.5 Å². The van der Waals surface area contributed by atoms with Crippen molar-refractivity contribution in [2.75, 3.05) is 26.1 Å². The van der Waals surface area contributed by atoms with Gasteiger partial charge in [-0.25, -0.2) is 4.79 Å². The number of benzene rings is 3. The van der Waals surface area contributed by atoms with Crippen molar-refractivity contribution in [3.05, 3.63) is 83.4 Å². The summed E-state index contributed by atoms with van der Waals surface area (Å²) in [5, 5.41) is 5.69. The summed E-state index contributed by atoms with van der Waals surface area (Å²) in [7, 11) is 3.02. The fourth-order valence-corrected chi connectivity index (χ4v) is 3.16. The molecule has 35 heavy (non-hydrogen) atoms. The molecule has 0 aliphatic rings. The number of nitrogens with one attached hydrogen (secondary N) is 2. The summed E-state index contributed by atoms with van der Waals surface area (Å²) in [6.45, 7) is 2.06. The smallest absolute Gasteiger partial charge is 0.493 e. The van der Waals surface area contributed by atoms with Gasteiger partial charge in [0, 0.05) is 23.4 Å². The molecule has 0 aliphatic heterocycles. The Kier molecular flexibility index (Phi) is 8.66. The Morgan fingerprint density at radius 2 is 1.49 bits per heavy atom. The third-order valence-corrected chi connectivity index (χ3v) is 4.93. The van der Waals surface area contributed by atoms with Crippen molar-refractivity contribution >= 4 is 23.7 Å². The highest BCUT2D eigenvalue weighted by atomic mass is 16.7. The molecule has 3 rings (SSSR count). The van der Waals surface area contributed by atoms with Crippen LogP contribution in [0.3, 0.4) is 0 Å². The number of methoxy groups -OCH3 is 2. The normalized spacial score (nSPS) is 10.1. The van der Waals surface area contributed by atoms with Crippen molar-refractivity contribution in [3.63, 3.8) is 0 Å². The second kappa shape index (κ2) is 12.1. The molecule has 2 N–H and O–H groups in total. The van der Waals surface area contributed by atoms with Crippen LogP contribution in [0.1, 0.15) is 33.2 Å². The lowest BCUT2D eigenvalue weighted by Gasteiger charge is -2.13. The SMILES string of the molecule is CCOC(=O)Oc1ccc(C(=O)NCc2ccccc2NC(=O)c2ccc(OC)c(OC)c2)cc1. The van der Waals surface area contributed by atoms with Crippen molar-refractivity contribution < 1.29 is 33.3 Å². The summed E-state index contributed by atoms with van der Waals surface area (Å²) >= 11 is 0. The van der Waals surface area contributed by atoms with E-state index in [1.807, 2.05) is 6.07 Å². The zero-order chi connectivity index (χ0) is 25.2. The van der Waals surface area contributed by atoms with E-state index < -0.39 is 6.16 Å². The van der Waals surface area contributed by atoms with Crippen LogP contribution in [0.2, 0.25) is 0 Å². The van der Waals surface area contributed by atoms with E-state index in [1.54, 1.807) is 43.3 Å². The highest BCUT2D eigenvalue weighted by Gasteiger charge is 2.14. The van der Waals surface area contributed by atoms with Gasteiger partial charge >= 0.3 is 6.16 Å². The highest BCUT2D eigenvalue weighted by Crippen LogP contribution is 2.28. The number of hydrogen-bond acceptors (Lipinski definition) is 7. The minimum absolute atomic E-state index is 0.183. The third-order valence-electron chi connectivity index (χ3n) is 4.93. The van der Waals surface area contributed by atoms with Crippen LogP contribution >= 0.6 is 0 Å². The quantitative estimate of drug-likeness (QED) is 0.346. The molecular formula is C26H26N2O7. The maximum atomic E-state index is 12.8. The molecule has 0 saturated heterocycles. The van der Waals surface area contributed by atoms with Gasteiger partial charge in [0.15, 0.2) is 11.5 Å². The molecule has 9 nitrogen and oxygen atoms in total. The molecule has 0 heterocycles. The van der Waals surface area contributed by atoms with Gasteiger partial charge in [-0.3, -0.25) is 9.59 Å². The Bertz CT molecular complexity index is 1190. The molecule has 0 aromatic heterocycles. The van der Waals surface area contributed by atoms with Gasteiger partial charge < -0.3 is 29.6 Å². The van der Waals surface area contributed by atoms with Crippen LogP contribution in [0.5, 0.6) is 17.2 Å². The highest BCUT2D eigenvalue weighted by molar-refractivity contribution is 6.05. The molecular weight excluding hydrogens is 452 g/mol. The Morgan fingerprint density at radius 1 is 0.800 bits per heavy atom. The van der Waals surface area contributed by atoms with E-state index in [0.29, 0.717) is 28.3 Å². The van der Waals surface area contributed by atoms with Gasteiger partial charge in [-0.2, -0.15) is 0 Å². The maximum Gasteiger partial charge on any atom is 0.513 e. The van der Waals surface area contributed by atoms with Gasteiger partial charge in [-0.1, -0.05) is 18.2 Å². The average Bonchev–Trinajstić information content (AvgIpc) is 2.88. The minimum atomic E-state index is -0.809. The number of ether oxygens (including phenoxy) is 4. The summed E-state index contributed by atoms with van der Waals surface area (Å²) in [5.74, 6) is 0.575. The predicted octanol–water partition coefficient (Wildman–Crippen LogP) is 4.42. The molecule has 0 aliphatic carbocycles. The first kappa shape index (κ1) is 25.1. The number of para-hydroxylation sites is 1. The fourth-order valence-electron chi connectivity index (χ4n) is 3.16. The predicted molar refractivity (Wildman–Crippen MR) is 129 cm³/mol.